The fourth-order valence-corrected chi connectivity index (χ4v) is 14.1. The molecule has 1 spiro atoms. The zero-order chi connectivity index (χ0) is 53.2. The smallest absolute Gasteiger partial charge is 0.164 e. The van der Waals surface area contributed by atoms with E-state index in [4.69, 9.17) is 29.9 Å². The van der Waals surface area contributed by atoms with Gasteiger partial charge in [0.25, 0.3) is 0 Å². The Hall–Kier alpha value is -10.6. The van der Waals surface area contributed by atoms with E-state index in [-0.39, 0.29) is 11.8 Å². The van der Waals surface area contributed by atoms with E-state index in [1.807, 2.05) is 54.6 Å². The topological polar surface area (TPSA) is 77.3 Å². The van der Waals surface area contributed by atoms with Crippen LogP contribution in [-0.4, -0.2) is 29.9 Å². The van der Waals surface area contributed by atoms with E-state index >= 15 is 0 Å². The third kappa shape index (κ3) is 6.74. The summed E-state index contributed by atoms with van der Waals surface area (Å²) < 4.78 is 0. The van der Waals surface area contributed by atoms with Crippen LogP contribution in [0.2, 0.25) is 0 Å². The van der Waals surface area contributed by atoms with Gasteiger partial charge < -0.3 is 0 Å². The van der Waals surface area contributed by atoms with Crippen molar-refractivity contribution in [2.75, 3.05) is 0 Å². The third-order valence-corrected chi connectivity index (χ3v) is 17.4. The minimum atomic E-state index is -0.465. The first-order valence-corrected chi connectivity index (χ1v) is 27.8. The Labute approximate surface area is 469 Å². The normalized spacial score (nSPS) is 15.0. The largest absolute Gasteiger partial charge is 0.208 e. The van der Waals surface area contributed by atoms with Crippen molar-refractivity contribution in [2.24, 2.45) is 0 Å². The predicted molar refractivity (Wildman–Crippen MR) is 322 cm³/mol. The number of rotatable bonds is 7. The van der Waals surface area contributed by atoms with Crippen molar-refractivity contribution < 1.29 is 0 Å². The molecule has 2 aromatic heterocycles. The summed E-state index contributed by atoms with van der Waals surface area (Å²) >= 11 is 0. The highest BCUT2D eigenvalue weighted by Crippen LogP contribution is 2.64. The summed E-state index contributed by atoms with van der Waals surface area (Å²) in [7, 11) is 0. The second-order valence-electron chi connectivity index (χ2n) is 21.6. The van der Waals surface area contributed by atoms with Gasteiger partial charge in [-0.15, -0.1) is 0 Å². The quantitative estimate of drug-likeness (QED) is 0.158. The van der Waals surface area contributed by atoms with Crippen LogP contribution in [-0.2, 0) is 5.41 Å². The van der Waals surface area contributed by atoms with E-state index in [1.54, 1.807) is 0 Å². The summed E-state index contributed by atoms with van der Waals surface area (Å²) in [5.41, 5.74) is 25.5. The summed E-state index contributed by atoms with van der Waals surface area (Å²) in [5, 5.41) is 0. The summed E-state index contributed by atoms with van der Waals surface area (Å²) in [4.78, 5) is 31.5. The van der Waals surface area contributed by atoms with E-state index < -0.39 is 5.41 Å². The second-order valence-corrected chi connectivity index (χ2v) is 21.6. The SMILES string of the molecule is c1ccc(-c2nc(-c3ccccc3)nc(-c3ccc4c(c3)C3c5ccccc5C4c4cc(-c5nc(-c6ccccc6)nc(-c6ccccc6-c6cccc7c6-c6ccccc6C76c7ccccc7-c7ccccc76)n5)ccc43)n2)cc1. The van der Waals surface area contributed by atoms with Crippen LogP contribution in [0, 0.1) is 0 Å². The van der Waals surface area contributed by atoms with Crippen LogP contribution in [0.1, 0.15) is 67.5 Å². The number of aromatic nitrogens is 6. The summed E-state index contributed by atoms with van der Waals surface area (Å²) in [6, 6.07) is 95.8. The molecule has 5 aliphatic carbocycles. The molecule has 0 amide bonds. The van der Waals surface area contributed by atoms with E-state index in [9.17, 15) is 0 Å². The molecule has 0 fully saturated rings. The molecular weight excluding hydrogens is 985 g/mol. The maximum absolute atomic E-state index is 5.52. The van der Waals surface area contributed by atoms with Crippen molar-refractivity contribution in [3.63, 3.8) is 0 Å². The average Bonchev–Trinajstić information content (AvgIpc) is 2.31. The Morgan fingerprint density at radius 3 is 1.02 bits per heavy atom. The highest BCUT2D eigenvalue weighted by atomic mass is 15.0. The van der Waals surface area contributed by atoms with Gasteiger partial charge in [-0.1, -0.05) is 255 Å². The summed E-state index contributed by atoms with van der Waals surface area (Å²) in [6.07, 6.45) is 0. The molecule has 376 valence electrons. The van der Waals surface area contributed by atoms with Crippen molar-refractivity contribution in [2.45, 2.75) is 17.3 Å². The molecule has 13 aromatic rings. The molecule has 6 heteroatoms. The number of nitrogens with zero attached hydrogens (tertiary/aromatic N) is 6. The van der Waals surface area contributed by atoms with E-state index in [0.29, 0.717) is 34.9 Å². The van der Waals surface area contributed by atoms with Crippen LogP contribution in [0.3, 0.4) is 0 Å². The lowest BCUT2D eigenvalue weighted by atomic mass is 9.61. The fourth-order valence-electron chi connectivity index (χ4n) is 14.1. The molecule has 2 bridgehead atoms. The Balaban J connectivity index is 0.807. The van der Waals surface area contributed by atoms with E-state index in [0.717, 1.165) is 44.5 Å². The minimum absolute atomic E-state index is 0.00189. The molecule has 0 saturated heterocycles. The van der Waals surface area contributed by atoms with Gasteiger partial charge in [-0.2, -0.15) is 0 Å². The molecule has 0 aliphatic heterocycles. The number of hydrogen-bond donors (Lipinski definition) is 0. The van der Waals surface area contributed by atoms with Crippen molar-refractivity contribution in [1.29, 1.82) is 0 Å². The summed E-state index contributed by atoms with van der Waals surface area (Å²) in [5.74, 6) is 3.80. The highest BCUT2D eigenvalue weighted by molar-refractivity contribution is 6.01. The first kappa shape index (κ1) is 45.5. The molecular formula is C75H46N6. The molecule has 0 N–H and O–H groups in total. The van der Waals surface area contributed by atoms with Crippen LogP contribution in [0.5, 0.6) is 0 Å². The lowest BCUT2D eigenvalue weighted by molar-refractivity contribution is 0.754. The molecule has 2 unspecified atom stereocenters. The lowest BCUT2D eigenvalue weighted by Crippen LogP contribution is -2.27. The Morgan fingerprint density at radius 2 is 0.543 bits per heavy atom. The van der Waals surface area contributed by atoms with Gasteiger partial charge in [-0.05, 0) is 101 Å². The van der Waals surface area contributed by atoms with Gasteiger partial charge in [-0.3, -0.25) is 0 Å². The van der Waals surface area contributed by atoms with Gasteiger partial charge in [-0.25, -0.2) is 29.9 Å². The van der Waals surface area contributed by atoms with Gasteiger partial charge in [0.1, 0.15) is 0 Å². The van der Waals surface area contributed by atoms with Crippen LogP contribution in [0.25, 0.3) is 102 Å². The fraction of sp³-hybridized carbons (Fsp3) is 0.0400. The second kappa shape index (κ2) is 17.7. The zero-order valence-electron chi connectivity index (χ0n) is 43.7. The van der Waals surface area contributed by atoms with Gasteiger partial charge in [0, 0.05) is 45.2 Å². The lowest BCUT2D eigenvalue weighted by Gasteiger charge is -2.42. The van der Waals surface area contributed by atoms with Crippen LogP contribution in [0.4, 0.5) is 0 Å². The zero-order valence-corrected chi connectivity index (χ0v) is 43.7. The molecule has 6 nitrogen and oxygen atoms in total. The number of fused-ring (bicyclic) bond motifs is 10. The predicted octanol–water partition coefficient (Wildman–Crippen LogP) is 17.1. The van der Waals surface area contributed by atoms with E-state index in [2.05, 4.69) is 212 Å². The average molecular weight is 1030 g/mol. The Kier molecular flexibility index (Phi) is 9.95. The highest BCUT2D eigenvalue weighted by Gasteiger charge is 2.52. The maximum atomic E-state index is 5.52. The molecule has 2 atom stereocenters. The number of benzene rings is 11. The van der Waals surface area contributed by atoms with Gasteiger partial charge in [0.2, 0.25) is 0 Å². The molecule has 11 aromatic carbocycles. The van der Waals surface area contributed by atoms with Crippen molar-refractivity contribution in [3.8, 4) is 102 Å². The Morgan fingerprint density at radius 1 is 0.210 bits per heavy atom. The van der Waals surface area contributed by atoms with Crippen molar-refractivity contribution in [1.82, 2.24) is 29.9 Å². The van der Waals surface area contributed by atoms with E-state index in [1.165, 1.54) is 77.9 Å². The van der Waals surface area contributed by atoms with Crippen molar-refractivity contribution >= 4 is 0 Å². The Bertz CT molecular complexity index is 4620. The molecule has 18 rings (SSSR count). The third-order valence-electron chi connectivity index (χ3n) is 17.4. The number of hydrogen-bond acceptors (Lipinski definition) is 6. The van der Waals surface area contributed by atoms with Gasteiger partial charge in [0.15, 0.2) is 34.9 Å². The standard InChI is InChI=1S/C75H46N6/c1-4-21-45(22-5-1)69-76-70(46-23-6-2-7-24-46)78-72(77-69)48-39-41-56-60(43-48)66-54-30-11-12-31-55(54)67(56)61-44-49(40-42-57(61)66)73-79-71(47-25-8-3-9-26-47)80-74(81-73)58-32-13-10-27-50(58)53-34-20-38-65-68(53)59-33-16-19-37-64(59)75(65)62-35-17-14-28-51(62)52-29-15-18-36-63(52)75/h1-44,66-67H. The van der Waals surface area contributed by atoms with Crippen LogP contribution < -0.4 is 0 Å². The minimum Gasteiger partial charge on any atom is -0.208 e. The van der Waals surface area contributed by atoms with Crippen LogP contribution in [0.15, 0.2) is 267 Å². The molecule has 2 heterocycles. The van der Waals surface area contributed by atoms with Crippen LogP contribution >= 0.6 is 0 Å². The first-order chi connectivity index (χ1) is 40.2. The first-order valence-electron chi connectivity index (χ1n) is 27.8. The summed E-state index contributed by atoms with van der Waals surface area (Å²) in [6.45, 7) is 0. The maximum Gasteiger partial charge on any atom is 0.164 e. The van der Waals surface area contributed by atoms with Gasteiger partial charge >= 0.3 is 0 Å². The van der Waals surface area contributed by atoms with Gasteiger partial charge in [0.05, 0.1) is 5.41 Å². The molecule has 81 heavy (non-hydrogen) atoms. The monoisotopic (exact) mass is 1030 g/mol. The molecule has 0 radical (unpaired) electrons. The van der Waals surface area contributed by atoms with Crippen molar-refractivity contribution in [3.05, 3.63) is 323 Å². The molecule has 0 saturated carbocycles. The molecule has 5 aliphatic rings.